The molecule has 0 aliphatic carbocycles. The van der Waals surface area contributed by atoms with Crippen molar-refractivity contribution in [2.45, 2.75) is 13.0 Å². The van der Waals surface area contributed by atoms with Crippen LogP contribution < -0.4 is 4.90 Å². The molecule has 1 atom stereocenters. The molecule has 0 unspecified atom stereocenters. The first-order valence-corrected chi connectivity index (χ1v) is 10.7. The topological polar surface area (TPSA) is 70.5 Å². The number of hydrogen-bond donors (Lipinski definition) is 1. The first kappa shape index (κ1) is 20.1. The number of halogens is 1. The van der Waals surface area contributed by atoms with Gasteiger partial charge in [-0.15, -0.1) is 0 Å². The average Bonchev–Trinajstić information content (AvgIpc) is 3.32. The van der Waals surface area contributed by atoms with Gasteiger partial charge in [0.15, 0.2) is 5.13 Å². The predicted molar refractivity (Wildman–Crippen MR) is 122 cm³/mol. The van der Waals surface area contributed by atoms with Gasteiger partial charge in [-0.2, -0.15) is 0 Å². The van der Waals surface area contributed by atoms with Crippen LogP contribution >= 0.6 is 11.3 Å². The number of nitrogens with zero attached hydrogens (tertiary/aromatic N) is 2. The molecule has 1 aliphatic rings. The van der Waals surface area contributed by atoms with Crippen molar-refractivity contribution < 1.29 is 19.1 Å². The molecule has 1 fully saturated rings. The van der Waals surface area contributed by atoms with Gasteiger partial charge in [-0.1, -0.05) is 71.5 Å². The Balaban J connectivity index is 1.73. The Hall–Kier alpha value is -3.84. The maximum atomic E-state index is 13.7. The Labute approximate surface area is 187 Å². The van der Waals surface area contributed by atoms with Crippen molar-refractivity contribution in [2.24, 2.45) is 0 Å². The first-order valence-electron chi connectivity index (χ1n) is 9.93. The van der Waals surface area contributed by atoms with Crippen LogP contribution in [0.4, 0.5) is 9.52 Å². The van der Waals surface area contributed by atoms with Crippen LogP contribution in [0.2, 0.25) is 0 Å². The third kappa shape index (κ3) is 3.27. The van der Waals surface area contributed by atoms with E-state index in [0.717, 1.165) is 16.9 Å². The number of aromatic nitrogens is 1. The summed E-state index contributed by atoms with van der Waals surface area (Å²) in [7, 11) is 0. The van der Waals surface area contributed by atoms with E-state index in [9.17, 15) is 19.1 Å². The van der Waals surface area contributed by atoms with E-state index in [4.69, 9.17) is 0 Å². The molecule has 0 spiro atoms. The van der Waals surface area contributed by atoms with Crippen molar-refractivity contribution in [1.82, 2.24) is 4.98 Å². The van der Waals surface area contributed by atoms with Crippen LogP contribution in [-0.2, 0) is 9.59 Å². The molecule has 7 heteroatoms. The van der Waals surface area contributed by atoms with Crippen molar-refractivity contribution in [3.8, 4) is 0 Å². The quantitative estimate of drug-likeness (QED) is 0.262. The lowest BCUT2D eigenvalue weighted by atomic mass is 9.95. The minimum absolute atomic E-state index is 0.00418. The van der Waals surface area contributed by atoms with Gasteiger partial charge in [-0.25, -0.2) is 9.37 Å². The Bertz CT molecular complexity index is 1390. The lowest BCUT2D eigenvalue weighted by Gasteiger charge is -2.23. The average molecular weight is 444 g/mol. The van der Waals surface area contributed by atoms with Crippen LogP contribution in [0.5, 0.6) is 0 Å². The molecule has 1 aromatic heterocycles. The van der Waals surface area contributed by atoms with Crippen molar-refractivity contribution in [1.29, 1.82) is 0 Å². The summed E-state index contributed by atoms with van der Waals surface area (Å²) in [5.41, 5.74) is 2.64. The molecule has 0 saturated carbocycles. The maximum Gasteiger partial charge on any atom is 0.301 e. The fourth-order valence-corrected chi connectivity index (χ4v) is 4.85. The number of aliphatic hydroxyl groups excluding tert-OH is 1. The number of rotatable bonds is 3. The van der Waals surface area contributed by atoms with E-state index in [1.807, 2.05) is 31.2 Å². The highest BCUT2D eigenvalue weighted by molar-refractivity contribution is 7.22. The number of aliphatic hydroxyl groups is 1. The molecule has 1 aliphatic heterocycles. The lowest BCUT2D eigenvalue weighted by Crippen LogP contribution is -2.29. The van der Waals surface area contributed by atoms with Gasteiger partial charge < -0.3 is 5.11 Å². The van der Waals surface area contributed by atoms with E-state index in [1.165, 1.54) is 23.1 Å². The summed E-state index contributed by atoms with van der Waals surface area (Å²) in [5, 5.41) is 11.3. The third-order valence-electron chi connectivity index (χ3n) is 5.43. The van der Waals surface area contributed by atoms with Crippen molar-refractivity contribution in [3.63, 3.8) is 0 Å². The number of aryl methyl sites for hydroxylation is 1. The van der Waals surface area contributed by atoms with Crippen LogP contribution in [0, 0.1) is 12.7 Å². The number of fused-ring (bicyclic) bond motifs is 1. The van der Waals surface area contributed by atoms with Gasteiger partial charge in [0.25, 0.3) is 5.78 Å². The number of Topliss-reactive ketones (excluding diaryl/α,β-unsaturated/α-hetero) is 1. The van der Waals surface area contributed by atoms with Gasteiger partial charge in [0.05, 0.1) is 21.8 Å². The lowest BCUT2D eigenvalue weighted by molar-refractivity contribution is -0.132. The number of ketones is 1. The summed E-state index contributed by atoms with van der Waals surface area (Å²) in [6.45, 7) is 1.94. The molecular formula is C25H17FN2O3S. The van der Waals surface area contributed by atoms with E-state index in [1.54, 1.807) is 30.3 Å². The van der Waals surface area contributed by atoms with Crippen LogP contribution in [0.1, 0.15) is 22.7 Å². The van der Waals surface area contributed by atoms with E-state index < -0.39 is 23.5 Å². The molecule has 32 heavy (non-hydrogen) atoms. The SMILES string of the molecule is Cc1ccc([C@H]2/C(=C(\O)c3ccccc3)C(=O)C(=O)N2c2nc3ccc(F)cc3s2)cc1. The van der Waals surface area contributed by atoms with Gasteiger partial charge in [0, 0.05) is 5.56 Å². The minimum atomic E-state index is -0.860. The summed E-state index contributed by atoms with van der Waals surface area (Å²) >= 11 is 1.12. The summed E-state index contributed by atoms with van der Waals surface area (Å²) in [6, 6.07) is 19.4. The number of amides is 1. The molecule has 5 nitrogen and oxygen atoms in total. The standard InChI is InChI=1S/C25H17FN2O3S/c1-14-7-9-15(10-8-14)21-20(22(29)16-5-3-2-4-6-16)23(30)24(31)28(21)25-27-18-12-11-17(26)13-19(18)32-25/h2-13,21,29H,1H3/b22-20+/t21-/m0/s1. The Kier molecular flexibility index (Phi) is 4.83. The molecule has 0 radical (unpaired) electrons. The van der Waals surface area contributed by atoms with Crippen LogP contribution in [0.15, 0.2) is 78.4 Å². The van der Waals surface area contributed by atoms with Crippen LogP contribution in [-0.4, -0.2) is 21.8 Å². The Morgan fingerprint density at radius 3 is 2.47 bits per heavy atom. The number of carbonyl (C=O) groups is 2. The first-order chi connectivity index (χ1) is 15.4. The monoisotopic (exact) mass is 444 g/mol. The maximum absolute atomic E-state index is 13.7. The minimum Gasteiger partial charge on any atom is -0.507 e. The normalized spacial score (nSPS) is 17.9. The third-order valence-corrected chi connectivity index (χ3v) is 6.45. The summed E-state index contributed by atoms with van der Waals surface area (Å²) in [6.07, 6.45) is 0. The molecule has 2 heterocycles. The number of thiazole rings is 1. The van der Waals surface area contributed by atoms with E-state index >= 15 is 0 Å². The van der Waals surface area contributed by atoms with E-state index in [-0.39, 0.29) is 16.5 Å². The van der Waals surface area contributed by atoms with Crippen molar-refractivity contribution in [2.75, 3.05) is 4.90 Å². The number of benzene rings is 3. The second kappa shape index (κ2) is 7.69. The number of anilines is 1. The molecule has 1 amide bonds. The highest BCUT2D eigenvalue weighted by atomic mass is 32.1. The molecule has 4 aromatic rings. The van der Waals surface area contributed by atoms with Gasteiger partial charge in [0.1, 0.15) is 11.6 Å². The Morgan fingerprint density at radius 1 is 1.03 bits per heavy atom. The molecule has 5 rings (SSSR count). The smallest absolute Gasteiger partial charge is 0.301 e. The predicted octanol–water partition coefficient (Wildman–Crippen LogP) is 5.37. The highest BCUT2D eigenvalue weighted by Gasteiger charge is 2.48. The zero-order valence-corrected chi connectivity index (χ0v) is 17.8. The van der Waals surface area contributed by atoms with Gasteiger partial charge >= 0.3 is 5.91 Å². The summed E-state index contributed by atoms with van der Waals surface area (Å²) < 4.78 is 14.3. The van der Waals surface area contributed by atoms with E-state index in [0.29, 0.717) is 21.3 Å². The zero-order valence-electron chi connectivity index (χ0n) is 16.9. The van der Waals surface area contributed by atoms with Gasteiger partial charge in [-0.3, -0.25) is 14.5 Å². The summed E-state index contributed by atoms with van der Waals surface area (Å²) in [5.74, 6) is -2.23. The fraction of sp³-hybridized carbons (Fsp3) is 0.0800. The molecule has 1 N–H and O–H groups in total. The van der Waals surface area contributed by atoms with Crippen molar-refractivity contribution >= 4 is 44.1 Å². The molecular weight excluding hydrogens is 427 g/mol. The van der Waals surface area contributed by atoms with Crippen molar-refractivity contribution in [3.05, 3.63) is 101 Å². The summed E-state index contributed by atoms with van der Waals surface area (Å²) in [4.78, 5) is 32.1. The second-order valence-corrected chi connectivity index (χ2v) is 8.56. The van der Waals surface area contributed by atoms with E-state index in [2.05, 4.69) is 4.98 Å². The van der Waals surface area contributed by atoms with Gasteiger partial charge in [-0.05, 0) is 30.7 Å². The van der Waals surface area contributed by atoms with Crippen LogP contribution in [0.25, 0.3) is 16.0 Å². The largest absolute Gasteiger partial charge is 0.507 e. The highest BCUT2D eigenvalue weighted by Crippen LogP contribution is 2.44. The number of carbonyl (C=O) groups excluding carboxylic acids is 2. The molecule has 158 valence electrons. The van der Waals surface area contributed by atoms with Crippen LogP contribution in [0.3, 0.4) is 0 Å². The molecule has 1 saturated heterocycles. The fourth-order valence-electron chi connectivity index (χ4n) is 3.83. The molecule has 3 aromatic carbocycles. The zero-order chi connectivity index (χ0) is 22.4. The Morgan fingerprint density at radius 2 is 1.75 bits per heavy atom. The second-order valence-electron chi connectivity index (χ2n) is 7.55. The molecule has 0 bridgehead atoms. The number of hydrogen-bond acceptors (Lipinski definition) is 5. The van der Waals surface area contributed by atoms with Gasteiger partial charge in [0.2, 0.25) is 0 Å².